The van der Waals surface area contributed by atoms with Gasteiger partial charge in [0.1, 0.15) is 0 Å². The van der Waals surface area contributed by atoms with E-state index < -0.39 is 16.6 Å². The monoisotopic (exact) mass is 253 g/mol. The number of aromatic nitrogens is 2. The molecule has 0 unspecified atom stereocenters. The lowest BCUT2D eigenvalue weighted by Crippen LogP contribution is -2.04. The highest BCUT2D eigenvalue weighted by Gasteiger charge is 2.18. The fraction of sp³-hybridized carbons (Fsp3) is 0.182. The first kappa shape index (κ1) is 12.2. The van der Waals surface area contributed by atoms with E-state index in [1.165, 1.54) is 29.9 Å². The van der Waals surface area contributed by atoms with E-state index in [9.17, 15) is 18.9 Å². The highest BCUT2D eigenvalue weighted by atomic mass is 19.2. The lowest BCUT2D eigenvalue weighted by atomic mass is 10.2. The Hall–Kier alpha value is -2.31. The summed E-state index contributed by atoms with van der Waals surface area (Å²) in [6.45, 7) is 1.47. The number of nitro groups is 1. The smallest absolute Gasteiger partial charge is 0.358 e. The van der Waals surface area contributed by atoms with E-state index >= 15 is 0 Å². The van der Waals surface area contributed by atoms with Crippen LogP contribution in [0.4, 0.5) is 14.6 Å². The number of aryl methyl sites for hydroxylation is 1. The molecule has 7 heteroatoms. The van der Waals surface area contributed by atoms with Crippen LogP contribution in [0.3, 0.4) is 0 Å². The molecule has 0 aliphatic carbocycles. The minimum Gasteiger partial charge on any atom is -0.358 e. The van der Waals surface area contributed by atoms with Gasteiger partial charge in [-0.25, -0.2) is 8.78 Å². The van der Waals surface area contributed by atoms with Crippen LogP contribution in [0.25, 0.3) is 0 Å². The maximum atomic E-state index is 13.4. The number of rotatable bonds is 3. The van der Waals surface area contributed by atoms with Crippen molar-refractivity contribution in [2.75, 3.05) is 0 Å². The van der Waals surface area contributed by atoms with E-state index in [0.717, 1.165) is 6.07 Å². The van der Waals surface area contributed by atoms with Crippen molar-refractivity contribution in [3.63, 3.8) is 0 Å². The molecule has 0 spiro atoms. The van der Waals surface area contributed by atoms with Crippen molar-refractivity contribution < 1.29 is 13.7 Å². The van der Waals surface area contributed by atoms with Crippen LogP contribution < -0.4 is 0 Å². The van der Waals surface area contributed by atoms with E-state index in [-0.39, 0.29) is 17.9 Å². The van der Waals surface area contributed by atoms with Crippen LogP contribution in [0.1, 0.15) is 11.1 Å². The van der Waals surface area contributed by atoms with E-state index in [1.807, 2.05) is 0 Å². The lowest BCUT2D eigenvalue weighted by Gasteiger charge is -2.01. The highest BCUT2D eigenvalue weighted by molar-refractivity contribution is 5.29. The molecule has 1 aromatic carbocycles. The number of nitrogens with zero attached hydrogens (tertiary/aromatic N) is 3. The Morgan fingerprint density at radius 3 is 2.78 bits per heavy atom. The third-order valence-electron chi connectivity index (χ3n) is 2.46. The van der Waals surface area contributed by atoms with Crippen LogP contribution in [0.15, 0.2) is 24.4 Å². The average Bonchev–Trinajstić information content (AvgIpc) is 2.66. The van der Waals surface area contributed by atoms with Gasteiger partial charge in [0.2, 0.25) is 0 Å². The molecule has 5 nitrogen and oxygen atoms in total. The summed E-state index contributed by atoms with van der Waals surface area (Å²) in [5.41, 5.74) is 0.462. The first-order valence-electron chi connectivity index (χ1n) is 5.10. The van der Waals surface area contributed by atoms with Gasteiger partial charge in [0, 0.05) is 5.56 Å². The molecule has 94 valence electrons. The lowest BCUT2D eigenvalue weighted by molar-refractivity contribution is -0.390. The van der Waals surface area contributed by atoms with Crippen molar-refractivity contribution in [2.24, 2.45) is 0 Å². The van der Waals surface area contributed by atoms with Crippen LogP contribution in [-0.4, -0.2) is 14.7 Å². The zero-order valence-corrected chi connectivity index (χ0v) is 9.43. The van der Waals surface area contributed by atoms with Gasteiger partial charge in [0.05, 0.1) is 23.4 Å². The number of halogens is 2. The molecule has 2 rings (SSSR count). The van der Waals surface area contributed by atoms with Crippen molar-refractivity contribution in [1.29, 1.82) is 0 Å². The Morgan fingerprint density at radius 2 is 2.17 bits per heavy atom. The quantitative estimate of drug-likeness (QED) is 0.623. The molecule has 0 fully saturated rings. The molecule has 0 saturated carbocycles. The van der Waals surface area contributed by atoms with Crippen LogP contribution in [0.5, 0.6) is 0 Å². The molecule has 18 heavy (non-hydrogen) atoms. The van der Waals surface area contributed by atoms with Crippen molar-refractivity contribution in [2.45, 2.75) is 13.5 Å². The number of hydrogen-bond donors (Lipinski definition) is 0. The number of benzene rings is 1. The molecule has 0 radical (unpaired) electrons. The molecule has 0 aliphatic heterocycles. The molecular weight excluding hydrogens is 244 g/mol. The molecule has 0 amide bonds. The van der Waals surface area contributed by atoms with Crippen molar-refractivity contribution >= 4 is 5.82 Å². The van der Waals surface area contributed by atoms with Crippen LogP contribution in [0, 0.1) is 28.7 Å². The van der Waals surface area contributed by atoms with Crippen LogP contribution >= 0.6 is 0 Å². The second kappa shape index (κ2) is 4.52. The Bertz CT molecular complexity index is 610. The molecular formula is C11H9F2N3O2. The number of hydrogen-bond acceptors (Lipinski definition) is 3. The summed E-state index contributed by atoms with van der Waals surface area (Å²) in [4.78, 5) is 9.99. The van der Waals surface area contributed by atoms with Gasteiger partial charge in [0.25, 0.3) is 0 Å². The average molecular weight is 253 g/mol. The third-order valence-corrected chi connectivity index (χ3v) is 2.46. The van der Waals surface area contributed by atoms with Gasteiger partial charge in [-0.1, -0.05) is 12.1 Å². The van der Waals surface area contributed by atoms with Gasteiger partial charge in [0.15, 0.2) is 11.6 Å². The predicted octanol–water partition coefficient (Wildman–Crippen LogP) is 2.43. The van der Waals surface area contributed by atoms with Gasteiger partial charge >= 0.3 is 5.82 Å². The third kappa shape index (κ3) is 2.20. The maximum Gasteiger partial charge on any atom is 0.392 e. The first-order valence-corrected chi connectivity index (χ1v) is 5.10. The molecule has 2 aromatic rings. The van der Waals surface area contributed by atoms with Gasteiger partial charge in [-0.05, 0) is 17.9 Å². The fourth-order valence-corrected chi connectivity index (χ4v) is 1.62. The summed E-state index contributed by atoms with van der Waals surface area (Å²) in [6, 6.07) is 3.79. The van der Waals surface area contributed by atoms with E-state index in [1.54, 1.807) is 0 Å². The SMILES string of the molecule is Cc1cn(Cc2cccc(F)c2F)nc1[N+](=O)[O-]. The molecule has 0 atom stereocenters. The molecule has 0 N–H and O–H groups in total. The van der Waals surface area contributed by atoms with E-state index in [2.05, 4.69) is 5.10 Å². The summed E-state index contributed by atoms with van der Waals surface area (Å²) in [5, 5.41) is 14.3. The Morgan fingerprint density at radius 1 is 1.44 bits per heavy atom. The van der Waals surface area contributed by atoms with Crippen molar-refractivity contribution in [1.82, 2.24) is 9.78 Å². The molecule has 1 heterocycles. The molecule has 0 bridgehead atoms. The predicted molar refractivity (Wildman–Crippen MR) is 59.1 cm³/mol. The van der Waals surface area contributed by atoms with Gasteiger partial charge < -0.3 is 10.1 Å². The summed E-state index contributed by atoms with van der Waals surface area (Å²) in [6.07, 6.45) is 1.42. The van der Waals surface area contributed by atoms with E-state index in [0.29, 0.717) is 5.56 Å². The van der Waals surface area contributed by atoms with Gasteiger partial charge in [-0.15, -0.1) is 0 Å². The van der Waals surface area contributed by atoms with Crippen LogP contribution in [0.2, 0.25) is 0 Å². The highest BCUT2D eigenvalue weighted by Crippen LogP contribution is 2.17. The molecule has 1 aromatic heterocycles. The Balaban J connectivity index is 2.32. The summed E-state index contributed by atoms with van der Waals surface area (Å²) < 4.78 is 27.6. The normalized spacial score (nSPS) is 10.6. The Kier molecular flexibility index (Phi) is 3.05. The molecule has 0 saturated heterocycles. The second-order valence-corrected chi connectivity index (χ2v) is 3.80. The largest absolute Gasteiger partial charge is 0.392 e. The maximum absolute atomic E-state index is 13.4. The zero-order valence-electron chi connectivity index (χ0n) is 9.43. The fourth-order valence-electron chi connectivity index (χ4n) is 1.62. The second-order valence-electron chi connectivity index (χ2n) is 3.80. The first-order chi connectivity index (χ1) is 8.49. The van der Waals surface area contributed by atoms with Crippen LogP contribution in [-0.2, 0) is 6.54 Å². The minimum absolute atomic E-state index is 0.0573. The standard InChI is InChI=1S/C11H9F2N3O2/c1-7-5-15(14-11(7)16(17)18)6-8-3-2-4-9(12)10(8)13/h2-5H,6H2,1H3. The summed E-state index contributed by atoms with van der Waals surface area (Å²) in [5.74, 6) is -2.20. The minimum atomic E-state index is -0.965. The van der Waals surface area contributed by atoms with E-state index in [4.69, 9.17) is 0 Å². The summed E-state index contributed by atoms with van der Waals surface area (Å²) in [7, 11) is 0. The Labute approximate surface area is 101 Å². The van der Waals surface area contributed by atoms with Gasteiger partial charge in [-0.3, -0.25) is 0 Å². The summed E-state index contributed by atoms with van der Waals surface area (Å²) >= 11 is 0. The van der Waals surface area contributed by atoms with Gasteiger partial charge in [-0.2, -0.15) is 4.68 Å². The zero-order chi connectivity index (χ0) is 13.3. The van der Waals surface area contributed by atoms with Crippen molar-refractivity contribution in [3.8, 4) is 0 Å². The topological polar surface area (TPSA) is 61.0 Å². The molecule has 0 aliphatic rings. The van der Waals surface area contributed by atoms with Crippen molar-refractivity contribution in [3.05, 3.63) is 57.3 Å².